The summed E-state index contributed by atoms with van der Waals surface area (Å²) in [6.45, 7) is 1.38. The Balaban J connectivity index is 2.11. The molecular weight excluding hydrogens is 345 g/mol. The minimum Gasteiger partial charge on any atom is -0.352 e. The zero-order valence-corrected chi connectivity index (χ0v) is 13.8. The van der Waals surface area contributed by atoms with E-state index in [-0.39, 0.29) is 22.5 Å². The van der Waals surface area contributed by atoms with Crippen molar-refractivity contribution in [1.82, 2.24) is 20.1 Å². The first kappa shape index (κ1) is 18.2. The summed E-state index contributed by atoms with van der Waals surface area (Å²) in [7, 11) is 3.86. The van der Waals surface area contributed by atoms with Gasteiger partial charge in [-0.05, 0) is 32.3 Å². The number of rotatable bonds is 6. The lowest BCUT2D eigenvalue weighted by molar-refractivity contribution is -0.137. The summed E-state index contributed by atoms with van der Waals surface area (Å²) in [5, 5.41) is 13.0. The van der Waals surface area contributed by atoms with Crippen LogP contribution in [0.4, 0.5) is 30.6 Å². The van der Waals surface area contributed by atoms with Gasteiger partial charge in [0.05, 0.1) is 16.8 Å². The average Bonchev–Trinajstić information content (AvgIpc) is 2.48. The fourth-order valence-electron chi connectivity index (χ4n) is 1.80. The van der Waals surface area contributed by atoms with Gasteiger partial charge in [0.1, 0.15) is 0 Å². The van der Waals surface area contributed by atoms with Crippen molar-refractivity contribution < 1.29 is 13.2 Å². The highest BCUT2D eigenvalue weighted by atomic mass is 35.5. The lowest BCUT2D eigenvalue weighted by Gasteiger charge is -2.13. The van der Waals surface area contributed by atoms with Gasteiger partial charge < -0.3 is 15.5 Å². The largest absolute Gasteiger partial charge is 0.417 e. The Bertz CT molecular complexity index is 692. The summed E-state index contributed by atoms with van der Waals surface area (Å²) in [6, 6.07) is 3.53. The number of alkyl halides is 3. The van der Waals surface area contributed by atoms with Gasteiger partial charge in [0, 0.05) is 18.8 Å². The van der Waals surface area contributed by atoms with Crippen LogP contribution in [0.25, 0.3) is 0 Å². The maximum Gasteiger partial charge on any atom is 0.417 e. The lowest BCUT2D eigenvalue weighted by Crippen LogP contribution is -2.21. The molecule has 0 aliphatic heterocycles. The third-order valence-corrected chi connectivity index (χ3v) is 3.27. The predicted octanol–water partition coefficient (Wildman–Crippen LogP) is 3.26. The van der Waals surface area contributed by atoms with Gasteiger partial charge in [0.2, 0.25) is 5.95 Å². The van der Waals surface area contributed by atoms with Crippen LogP contribution >= 0.6 is 11.6 Å². The fourth-order valence-corrected chi connectivity index (χ4v) is 2.02. The Hall–Kier alpha value is -2.13. The third-order valence-electron chi connectivity index (χ3n) is 2.95. The van der Waals surface area contributed by atoms with Crippen molar-refractivity contribution in [2.45, 2.75) is 6.18 Å². The molecule has 0 radical (unpaired) electrons. The Morgan fingerprint density at radius 2 is 2.00 bits per heavy atom. The molecule has 10 heteroatoms. The van der Waals surface area contributed by atoms with E-state index in [1.54, 1.807) is 0 Å². The first-order valence-electron chi connectivity index (χ1n) is 6.98. The van der Waals surface area contributed by atoms with E-state index in [1.807, 2.05) is 19.0 Å². The van der Waals surface area contributed by atoms with Crippen LogP contribution in [0.1, 0.15) is 5.56 Å². The maximum absolute atomic E-state index is 12.9. The summed E-state index contributed by atoms with van der Waals surface area (Å²) < 4.78 is 38.6. The first-order valence-corrected chi connectivity index (χ1v) is 7.35. The molecule has 0 saturated heterocycles. The van der Waals surface area contributed by atoms with E-state index >= 15 is 0 Å². The number of hydrogen-bond donors (Lipinski definition) is 2. The van der Waals surface area contributed by atoms with Crippen LogP contribution in [-0.2, 0) is 6.18 Å². The molecule has 2 aromatic rings. The van der Waals surface area contributed by atoms with Crippen molar-refractivity contribution in [1.29, 1.82) is 0 Å². The van der Waals surface area contributed by atoms with E-state index < -0.39 is 11.7 Å². The van der Waals surface area contributed by atoms with Crippen LogP contribution in [0.3, 0.4) is 0 Å². The molecule has 0 aliphatic carbocycles. The first-order chi connectivity index (χ1) is 11.3. The summed E-state index contributed by atoms with van der Waals surface area (Å²) >= 11 is 5.59. The lowest BCUT2D eigenvalue weighted by atomic mass is 10.2. The molecule has 2 N–H and O–H groups in total. The van der Waals surface area contributed by atoms with Crippen molar-refractivity contribution in [2.24, 2.45) is 0 Å². The molecule has 2 rings (SSSR count). The van der Waals surface area contributed by atoms with Crippen molar-refractivity contribution in [3.8, 4) is 0 Å². The number of aromatic nitrogens is 3. The van der Waals surface area contributed by atoms with Crippen molar-refractivity contribution in [3.05, 3.63) is 35.0 Å². The van der Waals surface area contributed by atoms with E-state index in [2.05, 4.69) is 25.8 Å². The van der Waals surface area contributed by atoms with Crippen molar-refractivity contribution in [3.63, 3.8) is 0 Å². The second kappa shape index (κ2) is 7.63. The number of nitrogens with zero attached hydrogens (tertiary/aromatic N) is 4. The van der Waals surface area contributed by atoms with Gasteiger partial charge in [-0.1, -0.05) is 11.6 Å². The van der Waals surface area contributed by atoms with Crippen LogP contribution < -0.4 is 10.6 Å². The molecule has 0 atom stereocenters. The molecule has 0 spiro atoms. The molecule has 0 fully saturated rings. The smallest absolute Gasteiger partial charge is 0.352 e. The van der Waals surface area contributed by atoms with Crippen LogP contribution in [0, 0.1) is 0 Å². The van der Waals surface area contributed by atoms with Gasteiger partial charge in [0.15, 0.2) is 5.82 Å². The summed E-state index contributed by atoms with van der Waals surface area (Å²) in [5.74, 6) is 0.555. The SMILES string of the molecule is CN(C)CCNc1nncc(Nc2ccc(Cl)c(C(F)(F)F)c2)n1. The van der Waals surface area contributed by atoms with Crippen LogP contribution in [0.15, 0.2) is 24.4 Å². The number of hydrogen-bond acceptors (Lipinski definition) is 6. The average molecular weight is 361 g/mol. The van der Waals surface area contributed by atoms with E-state index in [9.17, 15) is 13.2 Å². The number of likely N-dealkylation sites (N-methyl/N-ethyl adjacent to an activating group) is 1. The molecule has 0 unspecified atom stereocenters. The van der Waals surface area contributed by atoms with Gasteiger partial charge in [-0.25, -0.2) is 0 Å². The molecule has 0 aliphatic rings. The Kier molecular flexibility index (Phi) is 5.79. The zero-order valence-electron chi connectivity index (χ0n) is 13.0. The van der Waals surface area contributed by atoms with Gasteiger partial charge >= 0.3 is 6.18 Å². The quantitative estimate of drug-likeness (QED) is 0.824. The number of benzene rings is 1. The number of anilines is 3. The third kappa shape index (κ3) is 5.20. The predicted molar refractivity (Wildman–Crippen MR) is 86.6 cm³/mol. The molecule has 6 nitrogen and oxygen atoms in total. The topological polar surface area (TPSA) is 66.0 Å². The molecule has 0 bridgehead atoms. The van der Waals surface area contributed by atoms with E-state index in [4.69, 9.17) is 11.6 Å². The van der Waals surface area contributed by atoms with Crippen LogP contribution in [-0.4, -0.2) is 47.3 Å². The molecule has 0 amide bonds. The summed E-state index contributed by atoms with van der Waals surface area (Å²) in [5.41, 5.74) is -0.716. The highest BCUT2D eigenvalue weighted by Crippen LogP contribution is 2.36. The van der Waals surface area contributed by atoms with Gasteiger partial charge in [-0.2, -0.15) is 23.3 Å². The number of halogens is 4. The minimum atomic E-state index is -4.53. The summed E-state index contributed by atoms with van der Waals surface area (Å²) in [4.78, 5) is 6.13. The van der Waals surface area contributed by atoms with Gasteiger partial charge in [-0.3, -0.25) is 0 Å². The minimum absolute atomic E-state index is 0.200. The highest BCUT2D eigenvalue weighted by molar-refractivity contribution is 6.31. The molecule has 1 aromatic carbocycles. The molecule has 130 valence electrons. The maximum atomic E-state index is 12.9. The fraction of sp³-hybridized carbons (Fsp3) is 0.357. The van der Waals surface area contributed by atoms with E-state index in [1.165, 1.54) is 18.3 Å². The van der Waals surface area contributed by atoms with Crippen LogP contribution in [0.2, 0.25) is 5.02 Å². The monoisotopic (exact) mass is 360 g/mol. The molecular formula is C14H16ClF3N6. The Labute approximate surface area is 142 Å². The zero-order chi connectivity index (χ0) is 17.7. The van der Waals surface area contributed by atoms with Crippen molar-refractivity contribution >= 4 is 29.1 Å². The van der Waals surface area contributed by atoms with Gasteiger partial charge in [0.25, 0.3) is 0 Å². The second-order valence-electron chi connectivity index (χ2n) is 5.21. The van der Waals surface area contributed by atoms with Gasteiger partial charge in [-0.15, -0.1) is 5.10 Å². The normalized spacial score (nSPS) is 11.6. The molecule has 0 saturated carbocycles. The molecule has 1 heterocycles. The highest BCUT2D eigenvalue weighted by Gasteiger charge is 2.33. The van der Waals surface area contributed by atoms with E-state index in [0.29, 0.717) is 6.54 Å². The number of nitrogens with one attached hydrogen (secondary N) is 2. The standard InChI is InChI=1S/C14H16ClF3N6/c1-24(2)6-5-19-13-22-12(8-20-23-13)21-9-3-4-11(15)10(7-9)14(16,17)18/h3-4,7-8H,5-6H2,1-2H3,(H2,19,21,22,23). The van der Waals surface area contributed by atoms with Crippen LogP contribution in [0.5, 0.6) is 0 Å². The molecule has 1 aromatic heterocycles. The Morgan fingerprint density at radius 3 is 2.67 bits per heavy atom. The molecule has 24 heavy (non-hydrogen) atoms. The second-order valence-corrected chi connectivity index (χ2v) is 5.62. The van der Waals surface area contributed by atoms with Crippen molar-refractivity contribution in [2.75, 3.05) is 37.8 Å². The summed E-state index contributed by atoms with van der Waals surface area (Å²) in [6.07, 6.45) is -3.21. The Morgan fingerprint density at radius 1 is 1.25 bits per heavy atom. The van der Waals surface area contributed by atoms with E-state index in [0.717, 1.165) is 12.6 Å².